The minimum absolute atomic E-state index is 0.145. The number of hydrogen-bond acceptors (Lipinski definition) is 6. The molecule has 1 aliphatic rings. The zero-order chi connectivity index (χ0) is 17.2. The number of nitrogens with zero attached hydrogens (tertiary/aromatic N) is 2. The summed E-state index contributed by atoms with van der Waals surface area (Å²) in [5.41, 5.74) is 0.531. The third-order valence-electron chi connectivity index (χ3n) is 4.32. The Hall–Kier alpha value is -1.93. The van der Waals surface area contributed by atoms with E-state index in [0.717, 1.165) is 25.9 Å². The van der Waals surface area contributed by atoms with Gasteiger partial charge in [-0.2, -0.15) is 0 Å². The molecule has 0 bridgehead atoms. The number of anilines is 1. The molecule has 1 aromatic carbocycles. The predicted molar refractivity (Wildman–Crippen MR) is 95.2 cm³/mol. The van der Waals surface area contributed by atoms with Gasteiger partial charge in [0.05, 0.1) is 16.7 Å². The lowest BCUT2D eigenvalue weighted by Crippen LogP contribution is -2.41. The fourth-order valence-electron chi connectivity index (χ4n) is 2.94. The third-order valence-corrected chi connectivity index (χ3v) is 5.24. The Morgan fingerprint density at radius 2 is 2.00 bits per heavy atom. The van der Waals surface area contributed by atoms with Crippen LogP contribution in [0.4, 0.5) is 5.95 Å². The summed E-state index contributed by atoms with van der Waals surface area (Å²) in [6.07, 6.45) is 3.05. The van der Waals surface area contributed by atoms with Crippen LogP contribution in [0.15, 0.2) is 29.1 Å². The first-order chi connectivity index (χ1) is 11.4. The van der Waals surface area contributed by atoms with E-state index in [1.165, 1.54) is 6.26 Å². The van der Waals surface area contributed by atoms with Crippen molar-refractivity contribution in [3.63, 3.8) is 0 Å². The smallest absolute Gasteiger partial charge is 0.260 e. The van der Waals surface area contributed by atoms with Gasteiger partial charge in [0.25, 0.3) is 5.56 Å². The van der Waals surface area contributed by atoms with Gasteiger partial charge in [-0.05, 0) is 25.0 Å². The highest BCUT2D eigenvalue weighted by molar-refractivity contribution is 7.90. The standard InChI is InChI=1S/C16H22N4O3S/c1-24(22,23)11-10-20-8-6-12(7-9-20)17-16-18-14-5-3-2-4-13(14)15(21)19-16/h2-5,12H,6-11H2,1H3,(H2,17,18,19,21). The molecule has 1 aromatic heterocycles. The van der Waals surface area contributed by atoms with Gasteiger partial charge in [-0.15, -0.1) is 0 Å². The van der Waals surface area contributed by atoms with E-state index in [-0.39, 0.29) is 17.4 Å². The lowest BCUT2D eigenvalue weighted by atomic mass is 10.1. The Kier molecular flexibility index (Phi) is 4.86. The summed E-state index contributed by atoms with van der Waals surface area (Å²) in [5.74, 6) is 0.693. The SMILES string of the molecule is CS(=O)(=O)CCN1CCC(Nc2nc3ccccc3c(=O)[nH]2)CC1. The van der Waals surface area contributed by atoms with Gasteiger partial charge in [0.2, 0.25) is 5.95 Å². The molecule has 0 atom stereocenters. The van der Waals surface area contributed by atoms with E-state index in [1.807, 2.05) is 18.2 Å². The van der Waals surface area contributed by atoms with Crippen molar-refractivity contribution >= 4 is 26.7 Å². The average Bonchev–Trinajstić information content (AvgIpc) is 2.54. The number of likely N-dealkylation sites (tertiary alicyclic amines) is 1. The Labute approximate surface area is 141 Å². The summed E-state index contributed by atoms with van der Waals surface area (Å²) < 4.78 is 22.5. The molecule has 1 fully saturated rings. The van der Waals surface area contributed by atoms with Crippen LogP contribution >= 0.6 is 0 Å². The summed E-state index contributed by atoms with van der Waals surface area (Å²) in [6.45, 7) is 2.26. The van der Waals surface area contributed by atoms with Crippen LogP contribution in [0.25, 0.3) is 10.9 Å². The van der Waals surface area contributed by atoms with Gasteiger partial charge in [0.15, 0.2) is 0 Å². The van der Waals surface area contributed by atoms with Crippen LogP contribution in [-0.4, -0.2) is 61.0 Å². The number of aromatic amines is 1. The van der Waals surface area contributed by atoms with E-state index in [2.05, 4.69) is 20.2 Å². The molecule has 3 rings (SSSR count). The molecule has 130 valence electrons. The van der Waals surface area contributed by atoms with Crippen molar-refractivity contribution < 1.29 is 8.42 Å². The number of para-hydroxylation sites is 1. The number of benzene rings is 1. The first-order valence-corrected chi connectivity index (χ1v) is 10.1. The molecule has 0 aliphatic carbocycles. The molecule has 0 spiro atoms. The molecule has 0 radical (unpaired) electrons. The van der Waals surface area contributed by atoms with E-state index < -0.39 is 9.84 Å². The van der Waals surface area contributed by atoms with Gasteiger partial charge >= 0.3 is 0 Å². The van der Waals surface area contributed by atoms with Gasteiger partial charge in [0, 0.05) is 31.9 Å². The van der Waals surface area contributed by atoms with Crippen molar-refractivity contribution in [3.05, 3.63) is 34.6 Å². The zero-order valence-corrected chi connectivity index (χ0v) is 14.5. The third kappa shape index (κ3) is 4.33. The van der Waals surface area contributed by atoms with E-state index in [0.29, 0.717) is 23.4 Å². The second-order valence-electron chi connectivity index (χ2n) is 6.32. The minimum Gasteiger partial charge on any atom is -0.353 e. The van der Waals surface area contributed by atoms with Gasteiger partial charge in [-0.1, -0.05) is 12.1 Å². The van der Waals surface area contributed by atoms with Crippen molar-refractivity contribution in [1.29, 1.82) is 0 Å². The maximum atomic E-state index is 12.1. The number of aromatic nitrogens is 2. The molecule has 2 heterocycles. The van der Waals surface area contributed by atoms with Crippen LogP contribution in [0.1, 0.15) is 12.8 Å². The van der Waals surface area contributed by atoms with E-state index in [4.69, 9.17) is 0 Å². The molecule has 8 heteroatoms. The van der Waals surface area contributed by atoms with Crippen molar-refractivity contribution in [2.75, 3.05) is 37.0 Å². The quantitative estimate of drug-likeness (QED) is 0.830. The monoisotopic (exact) mass is 350 g/mol. The Balaban J connectivity index is 1.59. The number of H-pyrrole nitrogens is 1. The molecule has 1 aliphatic heterocycles. The van der Waals surface area contributed by atoms with Crippen LogP contribution in [0.2, 0.25) is 0 Å². The van der Waals surface area contributed by atoms with Crippen LogP contribution in [0.3, 0.4) is 0 Å². The number of piperidine rings is 1. The molecule has 0 saturated carbocycles. The van der Waals surface area contributed by atoms with E-state index >= 15 is 0 Å². The van der Waals surface area contributed by atoms with Crippen LogP contribution in [-0.2, 0) is 9.84 Å². The molecule has 24 heavy (non-hydrogen) atoms. The Morgan fingerprint density at radius 3 is 2.71 bits per heavy atom. The summed E-state index contributed by atoms with van der Waals surface area (Å²) in [4.78, 5) is 21.5. The number of nitrogens with one attached hydrogen (secondary N) is 2. The molecule has 7 nitrogen and oxygen atoms in total. The number of hydrogen-bond donors (Lipinski definition) is 2. The molecule has 0 unspecified atom stereocenters. The van der Waals surface area contributed by atoms with Crippen molar-refractivity contribution in [2.24, 2.45) is 0 Å². The first-order valence-electron chi connectivity index (χ1n) is 8.06. The number of rotatable bonds is 5. The largest absolute Gasteiger partial charge is 0.353 e. The summed E-state index contributed by atoms with van der Waals surface area (Å²) in [7, 11) is -2.92. The van der Waals surface area contributed by atoms with Crippen LogP contribution in [0.5, 0.6) is 0 Å². The van der Waals surface area contributed by atoms with E-state index in [1.54, 1.807) is 6.07 Å². The summed E-state index contributed by atoms with van der Waals surface area (Å²) in [5, 5.41) is 3.88. The molecular formula is C16H22N4O3S. The first kappa shape index (κ1) is 16.9. The lowest BCUT2D eigenvalue weighted by Gasteiger charge is -2.32. The molecule has 2 aromatic rings. The topological polar surface area (TPSA) is 95.2 Å². The van der Waals surface area contributed by atoms with E-state index in [9.17, 15) is 13.2 Å². The molecule has 2 N–H and O–H groups in total. The Morgan fingerprint density at radius 1 is 1.29 bits per heavy atom. The van der Waals surface area contributed by atoms with Gasteiger partial charge in [0.1, 0.15) is 9.84 Å². The van der Waals surface area contributed by atoms with Crippen LogP contribution < -0.4 is 10.9 Å². The highest BCUT2D eigenvalue weighted by Crippen LogP contribution is 2.15. The van der Waals surface area contributed by atoms with Gasteiger partial charge in [-0.3, -0.25) is 9.78 Å². The van der Waals surface area contributed by atoms with Gasteiger partial charge in [-0.25, -0.2) is 13.4 Å². The lowest BCUT2D eigenvalue weighted by molar-refractivity contribution is 0.230. The number of fused-ring (bicyclic) bond motifs is 1. The van der Waals surface area contributed by atoms with Crippen molar-refractivity contribution in [1.82, 2.24) is 14.9 Å². The summed E-state index contributed by atoms with van der Waals surface area (Å²) in [6, 6.07) is 7.48. The van der Waals surface area contributed by atoms with Crippen molar-refractivity contribution in [2.45, 2.75) is 18.9 Å². The second-order valence-corrected chi connectivity index (χ2v) is 8.58. The second kappa shape index (κ2) is 6.90. The fraction of sp³-hybridized carbons (Fsp3) is 0.500. The molecule has 1 saturated heterocycles. The van der Waals surface area contributed by atoms with Crippen molar-refractivity contribution in [3.8, 4) is 0 Å². The highest BCUT2D eigenvalue weighted by Gasteiger charge is 2.20. The summed E-state index contributed by atoms with van der Waals surface area (Å²) >= 11 is 0. The average molecular weight is 350 g/mol. The predicted octanol–water partition coefficient (Wildman–Crippen LogP) is 0.844. The normalized spacial score (nSPS) is 17.2. The highest BCUT2D eigenvalue weighted by atomic mass is 32.2. The molecular weight excluding hydrogens is 328 g/mol. The zero-order valence-electron chi connectivity index (χ0n) is 13.7. The fourth-order valence-corrected chi connectivity index (χ4v) is 3.53. The maximum absolute atomic E-state index is 12.1. The maximum Gasteiger partial charge on any atom is 0.260 e. The molecule has 0 amide bonds. The Bertz CT molecular complexity index is 870. The minimum atomic E-state index is -2.92. The number of sulfone groups is 1. The van der Waals surface area contributed by atoms with Gasteiger partial charge < -0.3 is 10.2 Å². The van der Waals surface area contributed by atoms with Crippen LogP contribution in [0, 0.1) is 0 Å².